The van der Waals surface area contributed by atoms with Crippen LogP contribution in [0.1, 0.15) is 35.8 Å². The second kappa shape index (κ2) is 6.26. The molecule has 3 rings (SSSR count). The molecule has 1 aromatic heterocycles. The Labute approximate surface area is 145 Å². The van der Waals surface area contributed by atoms with Crippen molar-refractivity contribution in [2.24, 2.45) is 0 Å². The zero-order valence-corrected chi connectivity index (χ0v) is 14.9. The Hall–Kier alpha value is -1.98. The van der Waals surface area contributed by atoms with Crippen LogP contribution in [0.2, 0.25) is 0 Å². The summed E-state index contributed by atoms with van der Waals surface area (Å²) in [5.41, 5.74) is 3.71. The van der Waals surface area contributed by atoms with E-state index in [4.69, 9.17) is 12.2 Å². The highest BCUT2D eigenvalue weighted by Gasteiger charge is 2.32. The first-order chi connectivity index (χ1) is 11.0. The number of thiophene rings is 1. The molecule has 23 heavy (non-hydrogen) atoms. The van der Waals surface area contributed by atoms with Crippen LogP contribution in [-0.2, 0) is 4.79 Å². The van der Waals surface area contributed by atoms with E-state index >= 15 is 0 Å². The summed E-state index contributed by atoms with van der Waals surface area (Å²) in [5, 5.41) is 5.47. The maximum atomic E-state index is 12.7. The molecular weight excluding hydrogens is 324 g/mol. The predicted molar refractivity (Wildman–Crippen MR) is 101 cm³/mol. The van der Waals surface area contributed by atoms with Gasteiger partial charge in [-0.25, -0.2) is 0 Å². The minimum atomic E-state index is -0.111. The third-order valence-electron chi connectivity index (χ3n) is 3.87. The van der Waals surface area contributed by atoms with Gasteiger partial charge in [0.15, 0.2) is 5.11 Å². The number of benzene rings is 1. The molecule has 0 aliphatic carbocycles. The Bertz CT molecular complexity index is 788. The second-order valence-corrected chi connectivity index (χ2v) is 7.18. The average molecular weight is 342 g/mol. The van der Waals surface area contributed by atoms with Crippen molar-refractivity contribution in [1.82, 2.24) is 5.32 Å². The maximum absolute atomic E-state index is 12.7. The van der Waals surface area contributed by atoms with Gasteiger partial charge in [0.05, 0.1) is 5.69 Å². The Morgan fingerprint density at radius 1 is 1.22 bits per heavy atom. The lowest BCUT2D eigenvalue weighted by Crippen LogP contribution is -2.30. The monoisotopic (exact) mass is 342 g/mol. The lowest BCUT2D eigenvalue weighted by molar-refractivity contribution is -0.113. The zero-order chi connectivity index (χ0) is 16.6. The lowest BCUT2D eigenvalue weighted by atomic mass is 10.0. The molecule has 1 aliphatic rings. The van der Waals surface area contributed by atoms with E-state index in [1.54, 1.807) is 16.2 Å². The van der Waals surface area contributed by atoms with Crippen molar-refractivity contribution in [2.75, 3.05) is 4.90 Å². The van der Waals surface area contributed by atoms with E-state index in [0.717, 1.165) is 16.1 Å². The van der Waals surface area contributed by atoms with Gasteiger partial charge in [-0.2, -0.15) is 0 Å². The molecule has 5 heteroatoms. The van der Waals surface area contributed by atoms with E-state index in [1.807, 2.05) is 48.7 Å². The standard InChI is InChI=1S/C18H18N2OS2/c1-11(2)13-4-6-14(7-5-13)20-17(21)15(19-18(20)22)10-16-12(3)8-9-23-16/h4-11H,1-3H3,(H,19,22)/b15-10+. The first-order valence-electron chi connectivity index (χ1n) is 7.48. The fraction of sp³-hybridized carbons (Fsp3) is 0.222. The van der Waals surface area contributed by atoms with E-state index in [1.165, 1.54) is 5.56 Å². The molecule has 0 saturated carbocycles. The third-order valence-corrected chi connectivity index (χ3v) is 5.12. The molecule has 1 N–H and O–H groups in total. The number of nitrogens with one attached hydrogen (secondary N) is 1. The van der Waals surface area contributed by atoms with Crippen molar-refractivity contribution in [2.45, 2.75) is 26.7 Å². The van der Waals surface area contributed by atoms with Crippen molar-refractivity contribution in [3.63, 3.8) is 0 Å². The van der Waals surface area contributed by atoms with Crippen LogP contribution in [0.4, 0.5) is 5.69 Å². The predicted octanol–water partition coefficient (Wildman–Crippen LogP) is 4.44. The number of anilines is 1. The van der Waals surface area contributed by atoms with Gasteiger partial charge in [-0.05, 0) is 65.8 Å². The van der Waals surface area contributed by atoms with Crippen LogP contribution in [0.5, 0.6) is 0 Å². The van der Waals surface area contributed by atoms with E-state index in [9.17, 15) is 4.79 Å². The smallest absolute Gasteiger partial charge is 0.281 e. The fourth-order valence-corrected chi connectivity index (χ4v) is 3.60. The third kappa shape index (κ3) is 3.07. The number of carbonyl (C=O) groups is 1. The number of rotatable bonds is 3. The van der Waals surface area contributed by atoms with Gasteiger partial charge >= 0.3 is 0 Å². The quantitative estimate of drug-likeness (QED) is 0.661. The van der Waals surface area contributed by atoms with Crippen LogP contribution < -0.4 is 10.2 Å². The topological polar surface area (TPSA) is 32.3 Å². The summed E-state index contributed by atoms with van der Waals surface area (Å²) in [6.07, 6.45) is 1.87. The molecule has 0 bridgehead atoms. The van der Waals surface area contributed by atoms with Crippen LogP contribution in [0.25, 0.3) is 6.08 Å². The Morgan fingerprint density at radius 2 is 1.91 bits per heavy atom. The Kier molecular flexibility index (Phi) is 4.33. The van der Waals surface area contributed by atoms with Crippen molar-refractivity contribution in [1.29, 1.82) is 0 Å². The Balaban J connectivity index is 1.90. The normalized spacial score (nSPS) is 16.5. The molecule has 2 aromatic rings. The summed E-state index contributed by atoms with van der Waals surface area (Å²) < 4.78 is 0. The minimum absolute atomic E-state index is 0.111. The summed E-state index contributed by atoms with van der Waals surface area (Å²) in [7, 11) is 0. The minimum Gasteiger partial charge on any atom is -0.327 e. The number of amides is 1. The average Bonchev–Trinajstić information content (AvgIpc) is 3.04. The summed E-state index contributed by atoms with van der Waals surface area (Å²) >= 11 is 6.96. The number of aryl methyl sites for hydroxylation is 1. The number of hydrogen-bond acceptors (Lipinski definition) is 3. The molecule has 1 aliphatic heterocycles. The fourth-order valence-electron chi connectivity index (χ4n) is 2.44. The van der Waals surface area contributed by atoms with E-state index in [2.05, 4.69) is 19.2 Å². The van der Waals surface area contributed by atoms with Crippen LogP contribution in [0, 0.1) is 6.92 Å². The molecule has 3 nitrogen and oxygen atoms in total. The molecule has 1 saturated heterocycles. The Morgan fingerprint density at radius 3 is 2.48 bits per heavy atom. The van der Waals surface area contributed by atoms with Gasteiger partial charge in [-0.1, -0.05) is 26.0 Å². The van der Waals surface area contributed by atoms with E-state index < -0.39 is 0 Å². The maximum Gasteiger partial charge on any atom is 0.281 e. The lowest BCUT2D eigenvalue weighted by Gasteiger charge is -2.15. The van der Waals surface area contributed by atoms with Crippen LogP contribution in [0.15, 0.2) is 41.4 Å². The summed E-state index contributed by atoms with van der Waals surface area (Å²) in [5.74, 6) is 0.348. The van der Waals surface area contributed by atoms with Gasteiger partial charge < -0.3 is 5.32 Å². The molecule has 0 unspecified atom stereocenters. The summed E-state index contributed by atoms with van der Waals surface area (Å²) in [6.45, 7) is 6.32. The van der Waals surface area contributed by atoms with Crippen molar-refractivity contribution in [3.8, 4) is 0 Å². The molecule has 1 fully saturated rings. The van der Waals surface area contributed by atoms with Gasteiger partial charge in [-0.15, -0.1) is 11.3 Å². The molecule has 0 spiro atoms. The molecule has 0 atom stereocenters. The summed E-state index contributed by atoms with van der Waals surface area (Å²) in [6, 6.07) is 10.0. The second-order valence-electron chi connectivity index (χ2n) is 5.84. The van der Waals surface area contributed by atoms with Gasteiger partial charge in [0.2, 0.25) is 0 Å². The highest BCUT2D eigenvalue weighted by molar-refractivity contribution is 7.80. The summed E-state index contributed by atoms with van der Waals surface area (Å²) in [4.78, 5) is 15.3. The van der Waals surface area contributed by atoms with E-state index in [0.29, 0.717) is 16.7 Å². The molecule has 1 aromatic carbocycles. The van der Waals surface area contributed by atoms with Gasteiger partial charge in [0, 0.05) is 4.88 Å². The van der Waals surface area contributed by atoms with Gasteiger partial charge in [-0.3, -0.25) is 9.69 Å². The van der Waals surface area contributed by atoms with E-state index in [-0.39, 0.29) is 5.91 Å². The van der Waals surface area contributed by atoms with Crippen molar-refractivity contribution in [3.05, 3.63) is 57.4 Å². The number of nitrogens with zero attached hydrogens (tertiary/aromatic N) is 1. The van der Waals surface area contributed by atoms with Gasteiger partial charge in [0.1, 0.15) is 5.70 Å². The number of hydrogen-bond donors (Lipinski definition) is 1. The van der Waals surface area contributed by atoms with Gasteiger partial charge in [0.25, 0.3) is 5.91 Å². The molecule has 118 valence electrons. The highest BCUT2D eigenvalue weighted by atomic mass is 32.1. The van der Waals surface area contributed by atoms with Crippen LogP contribution in [-0.4, -0.2) is 11.0 Å². The van der Waals surface area contributed by atoms with Crippen LogP contribution in [0.3, 0.4) is 0 Å². The first-order valence-corrected chi connectivity index (χ1v) is 8.77. The first kappa shape index (κ1) is 15.9. The zero-order valence-electron chi connectivity index (χ0n) is 13.3. The SMILES string of the molecule is Cc1ccsc1/C=C1/NC(=S)N(c2ccc(C(C)C)cc2)C1=O. The highest BCUT2D eigenvalue weighted by Crippen LogP contribution is 2.26. The molecule has 1 amide bonds. The molecule has 0 radical (unpaired) electrons. The van der Waals surface area contributed by atoms with Crippen molar-refractivity contribution >= 4 is 46.3 Å². The van der Waals surface area contributed by atoms with Crippen molar-refractivity contribution < 1.29 is 4.79 Å². The number of carbonyl (C=O) groups excluding carboxylic acids is 1. The molecule has 2 heterocycles. The molecular formula is C18H18N2OS2. The largest absolute Gasteiger partial charge is 0.327 e. The number of thiocarbonyl (C=S) groups is 1. The van der Waals surface area contributed by atoms with Crippen LogP contribution >= 0.6 is 23.6 Å².